The molecule has 1 heterocycles. The highest BCUT2D eigenvalue weighted by Gasteiger charge is 2.24. The van der Waals surface area contributed by atoms with E-state index in [1.807, 2.05) is 18.7 Å². The second kappa shape index (κ2) is 14.7. The average Bonchev–Trinajstić information content (AvgIpc) is 2.66. The molecular formula is C21H41N3O3. The molecule has 6 nitrogen and oxygen atoms in total. The first-order valence-corrected chi connectivity index (χ1v) is 11.0. The van der Waals surface area contributed by atoms with Gasteiger partial charge in [-0.15, -0.1) is 0 Å². The van der Waals surface area contributed by atoms with E-state index in [0.717, 1.165) is 45.4 Å². The number of hydrogen-bond acceptors (Lipinski definition) is 3. The third-order valence-corrected chi connectivity index (χ3v) is 5.03. The van der Waals surface area contributed by atoms with Crippen molar-refractivity contribution in [2.24, 2.45) is 5.92 Å². The minimum atomic E-state index is -0.112. The number of nitrogens with zero attached hydrogens (tertiary/aromatic N) is 1. The molecular weight excluding hydrogens is 342 g/mol. The normalized spacial score (nSPS) is 15.2. The lowest BCUT2D eigenvalue weighted by molar-refractivity contribution is -0.135. The van der Waals surface area contributed by atoms with Crippen molar-refractivity contribution in [3.8, 4) is 0 Å². The average molecular weight is 384 g/mol. The summed E-state index contributed by atoms with van der Waals surface area (Å²) in [6.45, 7) is 9.71. The van der Waals surface area contributed by atoms with Crippen LogP contribution in [0.2, 0.25) is 0 Å². The minimum absolute atomic E-state index is 0.0427. The number of carbonyl (C=O) groups is 2. The molecule has 0 unspecified atom stereocenters. The SMILES string of the molecule is CCCCCCCCOCCCNC(=O)NC1CCN(C(=O)C(C)C)CC1. The van der Waals surface area contributed by atoms with E-state index >= 15 is 0 Å². The molecule has 0 saturated carbocycles. The van der Waals surface area contributed by atoms with Crippen molar-refractivity contribution in [1.82, 2.24) is 15.5 Å². The van der Waals surface area contributed by atoms with Crippen LogP contribution in [0.4, 0.5) is 4.79 Å². The van der Waals surface area contributed by atoms with Crippen LogP contribution in [-0.2, 0) is 9.53 Å². The highest BCUT2D eigenvalue weighted by Crippen LogP contribution is 2.13. The molecule has 0 aromatic rings. The van der Waals surface area contributed by atoms with E-state index in [1.54, 1.807) is 0 Å². The predicted molar refractivity (Wildman–Crippen MR) is 110 cm³/mol. The number of hydrogen-bond donors (Lipinski definition) is 2. The smallest absolute Gasteiger partial charge is 0.315 e. The Morgan fingerprint density at radius 1 is 1.00 bits per heavy atom. The van der Waals surface area contributed by atoms with Crippen LogP contribution < -0.4 is 10.6 Å². The number of ether oxygens (including phenoxy) is 1. The van der Waals surface area contributed by atoms with E-state index in [-0.39, 0.29) is 23.9 Å². The zero-order valence-corrected chi connectivity index (χ0v) is 17.7. The maximum Gasteiger partial charge on any atom is 0.315 e. The number of urea groups is 1. The first-order valence-electron chi connectivity index (χ1n) is 11.0. The number of likely N-dealkylation sites (tertiary alicyclic amines) is 1. The summed E-state index contributed by atoms with van der Waals surface area (Å²) in [5.41, 5.74) is 0. The molecule has 0 bridgehead atoms. The van der Waals surface area contributed by atoms with Crippen LogP contribution in [0.5, 0.6) is 0 Å². The molecule has 3 amide bonds. The number of carbonyl (C=O) groups excluding carboxylic acids is 2. The van der Waals surface area contributed by atoms with Crippen molar-refractivity contribution in [3.63, 3.8) is 0 Å². The van der Waals surface area contributed by atoms with Gasteiger partial charge in [-0.1, -0.05) is 52.9 Å². The lowest BCUT2D eigenvalue weighted by Gasteiger charge is -2.33. The standard InChI is InChI=1S/C21H41N3O3/c1-4-5-6-7-8-9-16-27-17-10-13-22-21(26)23-19-11-14-24(15-12-19)20(25)18(2)3/h18-19H,4-17H2,1-3H3,(H2,22,23,26). The Morgan fingerprint density at radius 3 is 2.30 bits per heavy atom. The summed E-state index contributed by atoms with van der Waals surface area (Å²) < 4.78 is 5.62. The van der Waals surface area contributed by atoms with E-state index in [1.165, 1.54) is 32.1 Å². The van der Waals surface area contributed by atoms with Crippen LogP contribution in [0.3, 0.4) is 0 Å². The Morgan fingerprint density at radius 2 is 1.63 bits per heavy atom. The van der Waals surface area contributed by atoms with Crippen molar-refractivity contribution < 1.29 is 14.3 Å². The van der Waals surface area contributed by atoms with Gasteiger partial charge in [-0.3, -0.25) is 4.79 Å². The van der Waals surface area contributed by atoms with E-state index in [0.29, 0.717) is 13.2 Å². The molecule has 0 radical (unpaired) electrons. The molecule has 0 aromatic carbocycles. The van der Waals surface area contributed by atoms with E-state index in [4.69, 9.17) is 4.74 Å². The fourth-order valence-electron chi connectivity index (χ4n) is 3.31. The lowest BCUT2D eigenvalue weighted by atomic mass is 10.0. The van der Waals surface area contributed by atoms with Gasteiger partial charge in [0.2, 0.25) is 5.91 Å². The molecule has 1 aliphatic rings. The molecule has 1 saturated heterocycles. The maximum atomic E-state index is 12.0. The van der Waals surface area contributed by atoms with Crippen molar-refractivity contribution in [2.45, 2.75) is 84.6 Å². The summed E-state index contributed by atoms with van der Waals surface area (Å²) in [5.74, 6) is 0.250. The molecule has 1 aliphatic heterocycles. The molecule has 27 heavy (non-hydrogen) atoms. The number of nitrogens with one attached hydrogen (secondary N) is 2. The van der Waals surface area contributed by atoms with Crippen LogP contribution in [0.15, 0.2) is 0 Å². The third-order valence-electron chi connectivity index (χ3n) is 5.03. The van der Waals surface area contributed by atoms with Gasteiger partial charge in [0, 0.05) is 44.8 Å². The van der Waals surface area contributed by atoms with Crippen molar-refractivity contribution in [2.75, 3.05) is 32.8 Å². The molecule has 2 N–H and O–H groups in total. The number of piperidine rings is 1. The molecule has 158 valence electrons. The van der Waals surface area contributed by atoms with Gasteiger partial charge in [0.25, 0.3) is 0 Å². The molecule has 0 atom stereocenters. The zero-order chi connectivity index (χ0) is 19.9. The van der Waals surface area contributed by atoms with Gasteiger partial charge in [0.15, 0.2) is 0 Å². The highest BCUT2D eigenvalue weighted by atomic mass is 16.5. The Hall–Kier alpha value is -1.30. The molecule has 0 aromatic heterocycles. The first kappa shape index (κ1) is 23.7. The van der Waals surface area contributed by atoms with E-state index < -0.39 is 0 Å². The van der Waals surface area contributed by atoms with Crippen LogP contribution >= 0.6 is 0 Å². The minimum Gasteiger partial charge on any atom is -0.381 e. The summed E-state index contributed by atoms with van der Waals surface area (Å²) in [5, 5.41) is 5.91. The van der Waals surface area contributed by atoms with Gasteiger partial charge in [0.05, 0.1) is 0 Å². The summed E-state index contributed by atoms with van der Waals surface area (Å²) in [6, 6.07) is 0.0460. The number of unbranched alkanes of at least 4 members (excludes halogenated alkanes) is 5. The molecule has 0 aliphatic carbocycles. The van der Waals surface area contributed by atoms with Gasteiger partial charge < -0.3 is 20.3 Å². The van der Waals surface area contributed by atoms with Crippen LogP contribution in [0.1, 0.15) is 78.6 Å². The Bertz CT molecular complexity index is 407. The van der Waals surface area contributed by atoms with E-state index in [2.05, 4.69) is 17.6 Å². The summed E-state index contributed by atoms with van der Waals surface area (Å²) in [4.78, 5) is 25.8. The first-order chi connectivity index (χ1) is 13.0. The van der Waals surface area contributed by atoms with Crippen LogP contribution in [0, 0.1) is 5.92 Å². The van der Waals surface area contributed by atoms with Crippen LogP contribution in [0.25, 0.3) is 0 Å². The van der Waals surface area contributed by atoms with Gasteiger partial charge in [0.1, 0.15) is 0 Å². The molecule has 0 spiro atoms. The quantitative estimate of drug-likeness (QED) is 0.476. The molecule has 6 heteroatoms. The third kappa shape index (κ3) is 11.2. The van der Waals surface area contributed by atoms with Crippen molar-refractivity contribution in [1.29, 1.82) is 0 Å². The maximum absolute atomic E-state index is 12.0. The van der Waals surface area contributed by atoms with Crippen molar-refractivity contribution in [3.05, 3.63) is 0 Å². The molecule has 1 rings (SSSR count). The fraction of sp³-hybridized carbons (Fsp3) is 0.905. The van der Waals surface area contributed by atoms with Gasteiger partial charge >= 0.3 is 6.03 Å². The topological polar surface area (TPSA) is 70.7 Å². The largest absolute Gasteiger partial charge is 0.381 e. The lowest BCUT2D eigenvalue weighted by Crippen LogP contribution is -2.49. The second-order valence-corrected chi connectivity index (χ2v) is 7.89. The zero-order valence-electron chi connectivity index (χ0n) is 17.7. The van der Waals surface area contributed by atoms with Gasteiger partial charge in [-0.2, -0.15) is 0 Å². The Kier molecular flexibility index (Phi) is 12.9. The Balaban J connectivity index is 1.94. The molecule has 1 fully saturated rings. The summed E-state index contributed by atoms with van der Waals surface area (Å²) in [6.07, 6.45) is 10.1. The van der Waals surface area contributed by atoms with Crippen molar-refractivity contribution >= 4 is 11.9 Å². The van der Waals surface area contributed by atoms with Gasteiger partial charge in [-0.05, 0) is 25.7 Å². The number of amides is 3. The van der Waals surface area contributed by atoms with Crippen LogP contribution in [-0.4, -0.2) is 55.7 Å². The van der Waals surface area contributed by atoms with Gasteiger partial charge in [-0.25, -0.2) is 4.79 Å². The Labute approximate surface area is 165 Å². The highest BCUT2D eigenvalue weighted by molar-refractivity contribution is 5.78. The summed E-state index contributed by atoms with van der Waals surface area (Å²) in [7, 11) is 0. The summed E-state index contributed by atoms with van der Waals surface area (Å²) >= 11 is 0. The second-order valence-electron chi connectivity index (χ2n) is 7.89. The number of rotatable bonds is 13. The monoisotopic (exact) mass is 383 g/mol. The predicted octanol–water partition coefficient (Wildman–Crippen LogP) is 3.70. The van der Waals surface area contributed by atoms with E-state index in [9.17, 15) is 9.59 Å². The fourth-order valence-corrected chi connectivity index (χ4v) is 3.31.